The van der Waals surface area contributed by atoms with Crippen molar-refractivity contribution >= 4 is 28.5 Å². The first-order valence-corrected chi connectivity index (χ1v) is 8.76. The lowest BCUT2D eigenvalue weighted by Gasteiger charge is -2.09. The topological polar surface area (TPSA) is 81.4 Å². The zero-order valence-corrected chi connectivity index (χ0v) is 15.1. The molecule has 0 aliphatic carbocycles. The number of benzene rings is 2. The van der Waals surface area contributed by atoms with E-state index in [1.165, 1.54) is 30.5 Å². The van der Waals surface area contributed by atoms with Crippen LogP contribution in [-0.4, -0.2) is 23.5 Å². The average molecular weight is 390 g/mol. The highest BCUT2D eigenvalue weighted by Crippen LogP contribution is 2.25. The lowest BCUT2D eigenvalue weighted by Crippen LogP contribution is -2.21. The Bertz CT molecular complexity index is 1190. The fourth-order valence-electron chi connectivity index (χ4n) is 2.87. The minimum absolute atomic E-state index is 0.264. The maximum atomic E-state index is 13.2. The molecule has 0 aliphatic heterocycles. The van der Waals surface area contributed by atoms with Gasteiger partial charge in [-0.25, -0.2) is 14.2 Å². The Hall–Kier alpha value is -4.00. The predicted octanol–water partition coefficient (Wildman–Crippen LogP) is 4.43. The van der Waals surface area contributed by atoms with Crippen LogP contribution in [-0.2, 0) is 9.53 Å². The van der Waals surface area contributed by atoms with Crippen LogP contribution in [0, 0.1) is 5.82 Å². The summed E-state index contributed by atoms with van der Waals surface area (Å²) in [6.07, 6.45) is 1.51. The Morgan fingerprint density at radius 2 is 1.90 bits per heavy atom. The molecule has 0 spiro atoms. The number of hydrogen-bond donors (Lipinski definition) is 1. The Labute approximate surface area is 164 Å². The Kier molecular flexibility index (Phi) is 5.03. The molecule has 2 heterocycles. The first-order chi connectivity index (χ1) is 14.1. The lowest BCUT2D eigenvalue weighted by molar-refractivity contribution is -0.119. The number of halogens is 1. The van der Waals surface area contributed by atoms with Crippen molar-refractivity contribution in [3.05, 3.63) is 84.4 Å². The number of amides is 1. The SMILES string of the molecule is O=C(COC(=O)c1cc(-c2ccco2)nc2ccccc12)Nc1cccc(F)c1. The van der Waals surface area contributed by atoms with Crippen molar-refractivity contribution in [2.45, 2.75) is 0 Å². The van der Waals surface area contributed by atoms with Crippen LogP contribution in [0.1, 0.15) is 10.4 Å². The van der Waals surface area contributed by atoms with Crippen molar-refractivity contribution in [1.29, 1.82) is 0 Å². The normalized spacial score (nSPS) is 10.7. The summed E-state index contributed by atoms with van der Waals surface area (Å²) in [4.78, 5) is 29.2. The van der Waals surface area contributed by atoms with Gasteiger partial charge in [0, 0.05) is 11.1 Å². The molecule has 0 unspecified atom stereocenters. The molecule has 1 N–H and O–H groups in total. The smallest absolute Gasteiger partial charge is 0.339 e. The third-order valence-corrected chi connectivity index (χ3v) is 4.15. The number of furan rings is 1. The van der Waals surface area contributed by atoms with Crippen LogP contribution >= 0.6 is 0 Å². The minimum Gasteiger partial charge on any atom is -0.463 e. The molecular weight excluding hydrogens is 375 g/mol. The van der Waals surface area contributed by atoms with Crippen molar-refractivity contribution in [3.63, 3.8) is 0 Å². The predicted molar refractivity (Wildman–Crippen MR) is 105 cm³/mol. The molecule has 0 bridgehead atoms. The van der Waals surface area contributed by atoms with Crippen LogP contribution in [0.15, 0.2) is 77.4 Å². The molecule has 4 rings (SSSR count). The third-order valence-electron chi connectivity index (χ3n) is 4.15. The summed E-state index contributed by atoms with van der Waals surface area (Å²) >= 11 is 0. The fourth-order valence-corrected chi connectivity index (χ4v) is 2.87. The van der Waals surface area contributed by atoms with Crippen LogP contribution in [0.2, 0.25) is 0 Å². The molecule has 0 atom stereocenters. The molecule has 0 aliphatic rings. The van der Waals surface area contributed by atoms with Crippen molar-refractivity contribution in [1.82, 2.24) is 4.98 Å². The van der Waals surface area contributed by atoms with Crippen LogP contribution in [0.25, 0.3) is 22.4 Å². The van der Waals surface area contributed by atoms with Gasteiger partial charge in [-0.05, 0) is 42.5 Å². The number of rotatable bonds is 5. The second-order valence-electron chi connectivity index (χ2n) is 6.18. The molecular formula is C22H15FN2O4. The minimum atomic E-state index is -0.675. The summed E-state index contributed by atoms with van der Waals surface area (Å²) in [5.41, 5.74) is 1.61. The van der Waals surface area contributed by atoms with E-state index in [2.05, 4.69) is 10.3 Å². The molecule has 7 heteroatoms. The largest absolute Gasteiger partial charge is 0.463 e. The molecule has 144 valence electrons. The van der Waals surface area contributed by atoms with Gasteiger partial charge in [-0.15, -0.1) is 0 Å². The highest BCUT2D eigenvalue weighted by molar-refractivity contribution is 6.05. The van der Waals surface area contributed by atoms with Gasteiger partial charge in [0.25, 0.3) is 5.91 Å². The third kappa shape index (κ3) is 4.14. The first kappa shape index (κ1) is 18.4. The zero-order valence-electron chi connectivity index (χ0n) is 15.1. The number of aromatic nitrogens is 1. The van der Waals surface area contributed by atoms with Gasteiger partial charge < -0.3 is 14.5 Å². The molecule has 0 radical (unpaired) electrons. The number of anilines is 1. The molecule has 1 amide bonds. The Morgan fingerprint density at radius 3 is 2.69 bits per heavy atom. The van der Waals surface area contributed by atoms with Gasteiger partial charge in [-0.3, -0.25) is 4.79 Å². The molecule has 29 heavy (non-hydrogen) atoms. The highest BCUT2D eigenvalue weighted by atomic mass is 19.1. The van der Waals surface area contributed by atoms with Crippen molar-refractivity contribution in [2.24, 2.45) is 0 Å². The van der Waals surface area contributed by atoms with Crippen molar-refractivity contribution in [3.8, 4) is 11.5 Å². The van der Waals surface area contributed by atoms with Crippen molar-refractivity contribution in [2.75, 3.05) is 11.9 Å². The number of nitrogens with zero attached hydrogens (tertiary/aromatic N) is 1. The molecule has 4 aromatic rings. The van der Waals surface area contributed by atoms with E-state index in [9.17, 15) is 14.0 Å². The lowest BCUT2D eigenvalue weighted by atomic mass is 10.1. The van der Waals surface area contributed by atoms with Crippen LogP contribution < -0.4 is 5.32 Å². The number of carbonyl (C=O) groups excluding carboxylic acids is 2. The molecule has 6 nitrogen and oxygen atoms in total. The van der Waals surface area contributed by atoms with Gasteiger partial charge in [0.1, 0.15) is 11.5 Å². The van der Waals surface area contributed by atoms with Crippen LogP contribution in [0.4, 0.5) is 10.1 Å². The summed E-state index contributed by atoms with van der Waals surface area (Å²) in [5.74, 6) is -1.22. The number of pyridine rings is 1. The van der Waals surface area contributed by atoms with E-state index >= 15 is 0 Å². The van der Waals surface area contributed by atoms with Gasteiger partial charge in [0.05, 0.1) is 17.3 Å². The quantitative estimate of drug-likeness (QED) is 0.510. The van der Waals surface area contributed by atoms with Gasteiger partial charge >= 0.3 is 5.97 Å². The number of fused-ring (bicyclic) bond motifs is 1. The highest BCUT2D eigenvalue weighted by Gasteiger charge is 2.17. The number of ether oxygens (including phenoxy) is 1. The fraction of sp³-hybridized carbons (Fsp3) is 0.0455. The van der Waals surface area contributed by atoms with Gasteiger partial charge in [-0.2, -0.15) is 0 Å². The number of esters is 1. The molecule has 2 aromatic heterocycles. The second-order valence-corrected chi connectivity index (χ2v) is 6.18. The monoisotopic (exact) mass is 390 g/mol. The zero-order chi connectivity index (χ0) is 20.2. The maximum absolute atomic E-state index is 13.2. The summed E-state index contributed by atoms with van der Waals surface area (Å²) < 4.78 is 23.7. The standard InChI is InChI=1S/C22H15FN2O4/c23-14-5-3-6-15(11-14)24-21(26)13-29-22(27)17-12-19(20-9-4-10-28-20)25-18-8-2-1-7-16(17)18/h1-12H,13H2,(H,24,26). The van der Waals surface area contributed by atoms with E-state index < -0.39 is 24.3 Å². The van der Waals surface area contributed by atoms with E-state index in [0.717, 1.165) is 0 Å². The maximum Gasteiger partial charge on any atom is 0.339 e. The number of carbonyl (C=O) groups is 2. The number of para-hydroxylation sites is 1. The summed E-state index contributed by atoms with van der Waals surface area (Å²) in [6, 6.07) is 17.6. The van der Waals surface area contributed by atoms with E-state index in [0.29, 0.717) is 22.4 Å². The van der Waals surface area contributed by atoms with Crippen LogP contribution in [0.3, 0.4) is 0 Å². The Balaban J connectivity index is 1.54. The van der Waals surface area contributed by atoms with Gasteiger partial charge in [-0.1, -0.05) is 24.3 Å². The number of nitrogens with one attached hydrogen (secondary N) is 1. The summed E-state index contributed by atoms with van der Waals surface area (Å²) in [7, 11) is 0. The van der Waals surface area contributed by atoms with Gasteiger partial charge in [0.2, 0.25) is 0 Å². The molecule has 2 aromatic carbocycles. The molecule has 0 fully saturated rings. The first-order valence-electron chi connectivity index (χ1n) is 8.76. The van der Waals surface area contributed by atoms with E-state index in [4.69, 9.17) is 9.15 Å². The van der Waals surface area contributed by atoms with E-state index in [-0.39, 0.29) is 11.3 Å². The molecule has 0 saturated carbocycles. The van der Waals surface area contributed by atoms with E-state index in [1.54, 1.807) is 36.4 Å². The number of hydrogen-bond acceptors (Lipinski definition) is 5. The Morgan fingerprint density at radius 1 is 1.03 bits per heavy atom. The van der Waals surface area contributed by atoms with Crippen molar-refractivity contribution < 1.29 is 23.1 Å². The second kappa shape index (κ2) is 7.93. The molecule has 0 saturated heterocycles. The average Bonchev–Trinajstić information content (AvgIpc) is 3.26. The van der Waals surface area contributed by atoms with Gasteiger partial charge in [0.15, 0.2) is 12.4 Å². The summed E-state index contributed by atoms with van der Waals surface area (Å²) in [5, 5.41) is 3.07. The van der Waals surface area contributed by atoms with Crippen LogP contribution in [0.5, 0.6) is 0 Å². The summed E-state index contributed by atoms with van der Waals surface area (Å²) in [6.45, 7) is -0.512. The van der Waals surface area contributed by atoms with E-state index in [1.807, 2.05) is 6.07 Å².